The molecule has 1 N–H and O–H groups in total. The Bertz CT molecular complexity index is 801. The van der Waals surface area contributed by atoms with E-state index in [0.717, 1.165) is 9.65 Å². The highest BCUT2D eigenvalue weighted by Crippen LogP contribution is 2.31. The zero-order chi connectivity index (χ0) is 19.4. The molecule has 0 spiro atoms. The van der Waals surface area contributed by atoms with Gasteiger partial charge in [0.2, 0.25) is 11.8 Å². The first kappa shape index (κ1) is 20.3. The number of allylic oxidation sites excluding steroid dienone is 4. The summed E-state index contributed by atoms with van der Waals surface area (Å²) in [6.45, 7) is 6.23. The van der Waals surface area contributed by atoms with E-state index in [-0.39, 0.29) is 11.6 Å². The number of halogens is 3. The molecule has 1 aliphatic heterocycles. The molecule has 0 unspecified atom stereocenters. The van der Waals surface area contributed by atoms with Crippen molar-refractivity contribution in [2.45, 2.75) is 6.92 Å². The predicted molar refractivity (Wildman–Crippen MR) is 106 cm³/mol. The molecular weight excluding hydrogens is 453 g/mol. The fourth-order valence-corrected chi connectivity index (χ4v) is 2.97. The molecule has 1 aliphatic rings. The van der Waals surface area contributed by atoms with Crippen LogP contribution in [0, 0.1) is 23.5 Å². The SMILES string of the molecule is C=C(/C=C\C=C(/C)I)[C@@H]1CN(C)C(=O)[C@H]1C(=O)Nc1cccc(F)c1F. The van der Waals surface area contributed by atoms with E-state index in [0.29, 0.717) is 12.1 Å². The van der Waals surface area contributed by atoms with E-state index in [1.807, 2.05) is 13.0 Å². The zero-order valence-corrected chi connectivity index (χ0v) is 16.6. The van der Waals surface area contributed by atoms with Crippen LogP contribution in [-0.2, 0) is 9.59 Å². The van der Waals surface area contributed by atoms with Crippen molar-refractivity contribution in [2.75, 3.05) is 18.9 Å². The van der Waals surface area contributed by atoms with Crippen molar-refractivity contribution in [3.05, 3.63) is 63.8 Å². The number of amides is 2. The number of hydrogen-bond donors (Lipinski definition) is 1. The minimum atomic E-state index is -1.16. The van der Waals surface area contributed by atoms with Gasteiger partial charge in [-0.1, -0.05) is 30.9 Å². The Hall–Kier alpha value is -2.03. The Labute approximate surface area is 164 Å². The topological polar surface area (TPSA) is 49.4 Å². The van der Waals surface area contributed by atoms with Crippen molar-refractivity contribution in [2.24, 2.45) is 11.8 Å². The summed E-state index contributed by atoms with van der Waals surface area (Å²) < 4.78 is 28.2. The largest absolute Gasteiger partial charge is 0.344 e. The van der Waals surface area contributed by atoms with E-state index in [1.165, 1.54) is 17.0 Å². The zero-order valence-electron chi connectivity index (χ0n) is 14.4. The molecule has 2 amide bonds. The predicted octanol–water partition coefficient (Wildman–Crippen LogP) is 4.06. The monoisotopic (exact) mass is 472 g/mol. The van der Waals surface area contributed by atoms with Gasteiger partial charge in [0.05, 0.1) is 5.69 Å². The average Bonchev–Trinajstić information content (AvgIpc) is 2.87. The lowest BCUT2D eigenvalue weighted by Crippen LogP contribution is -2.33. The number of nitrogens with zero attached hydrogens (tertiary/aromatic N) is 1. The van der Waals surface area contributed by atoms with Crippen molar-refractivity contribution in [1.82, 2.24) is 4.90 Å². The van der Waals surface area contributed by atoms with E-state index in [9.17, 15) is 18.4 Å². The van der Waals surface area contributed by atoms with Crippen LogP contribution in [0.4, 0.5) is 14.5 Å². The van der Waals surface area contributed by atoms with Gasteiger partial charge in [-0.25, -0.2) is 8.78 Å². The molecule has 4 nitrogen and oxygen atoms in total. The van der Waals surface area contributed by atoms with Crippen LogP contribution in [0.3, 0.4) is 0 Å². The maximum Gasteiger partial charge on any atom is 0.237 e. The lowest BCUT2D eigenvalue weighted by Gasteiger charge is -2.17. The molecule has 0 aliphatic carbocycles. The Morgan fingerprint density at radius 1 is 1.42 bits per heavy atom. The highest BCUT2D eigenvalue weighted by atomic mass is 127. The molecule has 0 aromatic heterocycles. The summed E-state index contributed by atoms with van der Waals surface area (Å²) in [5, 5.41) is 2.32. The van der Waals surface area contributed by atoms with Gasteiger partial charge in [-0.05, 0) is 50.8 Å². The molecule has 1 aromatic carbocycles. The average molecular weight is 472 g/mol. The maximum absolute atomic E-state index is 13.8. The summed E-state index contributed by atoms with van der Waals surface area (Å²) in [5.74, 6) is -4.75. The molecule has 0 bridgehead atoms. The van der Waals surface area contributed by atoms with Crippen LogP contribution in [0.15, 0.2) is 52.2 Å². The summed E-state index contributed by atoms with van der Waals surface area (Å²) in [6.07, 6.45) is 5.43. The van der Waals surface area contributed by atoms with Crippen molar-refractivity contribution >= 4 is 40.1 Å². The molecule has 0 saturated carbocycles. The third kappa shape index (κ3) is 4.57. The highest BCUT2D eigenvalue weighted by molar-refractivity contribution is 14.1. The Kier molecular flexibility index (Phi) is 6.69. The number of hydrogen-bond acceptors (Lipinski definition) is 2. The summed E-state index contributed by atoms with van der Waals surface area (Å²) >= 11 is 2.16. The van der Waals surface area contributed by atoms with E-state index < -0.39 is 29.4 Å². The first-order valence-corrected chi connectivity index (χ1v) is 8.99. The summed E-state index contributed by atoms with van der Waals surface area (Å²) in [4.78, 5) is 26.4. The smallest absolute Gasteiger partial charge is 0.237 e. The van der Waals surface area contributed by atoms with Crippen molar-refractivity contribution in [1.29, 1.82) is 0 Å². The molecule has 1 fully saturated rings. The number of likely N-dealkylation sites (tertiary alicyclic amines) is 1. The number of rotatable bonds is 5. The standard InChI is InChI=1S/C19H19F2IN2O2/c1-11(6-4-7-12(2)22)13-10-24(3)19(26)16(13)18(25)23-15-9-5-8-14(20)17(15)21/h4-9,13,16H,1,10H2,2-3H3,(H,23,25)/b6-4-,12-7+/t13-,16+/m0/s1. The van der Waals surface area contributed by atoms with Crippen LogP contribution >= 0.6 is 22.6 Å². The van der Waals surface area contributed by atoms with Gasteiger partial charge in [-0.2, -0.15) is 0 Å². The van der Waals surface area contributed by atoms with E-state index in [4.69, 9.17) is 0 Å². The van der Waals surface area contributed by atoms with Gasteiger partial charge in [0, 0.05) is 19.5 Å². The maximum atomic E-state index is 13.8. The van der Waals surface area contributed by atoms with Gasteiger partial charge < -0.3 is 10.2 Å². The first-order chi connectivity index (χ1) is 12.2. The van der Waals surface area contributed by atoms with Gasteiger partial charge >= 0.3 is 0 Å². The fraction of sp³-hybridized carbons (Fsp3) is 0.263. The molecule has 1 heterocycles. The number of carbonyl (C=O) groups excluding carboxylic acids is 2. The second kappa shape index (κ2) is 8.57. The summed E-state index contributed by atoms with van der Waals surface area (Å²) in [5.41, 5.74) is 0.331. The number of anilines is 1. The number of benzene rings is 1. The normalized spacial score (nSPS) is 20.7. The molecule has 0 radical (unpaired) electrons. The van der Waals surface area contributed by atoms with Gasteiger partial charge in [-0.15, -0.1) is 0 Å². The Morgan fingerprint density at radius 3 is 2.77 bits per heavy atom. The minimum Gasteiger partial charge on any atom is -0.344 e. The van der Waals surface area contributed by atoms with Gasteiger partial charge in [-0.3, -0.25) is 9.59 Å². The van der Waals surface area contributed by atoms with E-state index >= 15 is 0 Å². The van der Waals surface area contributed by atoms with Crippen LogP contribution in [0.2, 0.25) is 0 Å². The lowest BCUT2D eigenvalue weighted by atomic mass is 9.88. The van der Waals surface area contributed by atoms with Gasteiger partial charge in [0.1, 0.15) is 5.92 Å². The van der Waals surface area contributed by atoms with Crippen molar-refractivity contribution in [3.63, 3.8) is 0 Å². The molecule has 2 rings (SSSR count). The van der Waals surface area contributed by atoms with Crippen LogP contribution in [0.5, 0.6) is 0 Å². The van der Waals surface area contributed by atoms with Crippen molar-refractivity contribution in [3.8, 4) is 0 Å². The lowest BCUT2D eigenvalue weighted by molar-refractivity contribution is -0.135. The molecule has 7 heteroatoms. The minimum absolute atomic E-state index is 0.291. The second-order valence-corrected chi connectivity index (χ2v) is 7.78. The van der Waals surface area contributed by atoms with Crippen LogP contribution in [-0.4, -0.2) is 30.3 Å². The highest BCUT2D eigenvalue weighted by Gasteiger charge is 2.44. The third-order valence-electron chi connectivity index (χ3n) is 4.12. The second-order valence-electron chi connectivity index (χ2n) is 6.08. The van der Waals surface area contributed by atoms with Crippen molar-refractivity contribution < 1.29 is 18.4 Å². The molecule has 1 aromatic rings. The van der Waals surface area contributed by atoms with Crippen LogP contribution in [0.25, 0.3) is 0 Å². The van der Waals surface area contributed by atoms with Crippen LogP contribution < -0.4 is 5.32 Å². The number of carbonyl (C=O) groups is 2. The third-order valence-corrected chi connectivity index (χ3v) is 4.48. The molecule has 2 atom stereocenters. The van der Waals surface area contributed by atoms with Gasteiger partial charge in [0.25, 0.3) is 0 Å². The molecule has 138 valence electrons. The quantitative estimate of drug-likeness (QED) is 0.400. The Balaban J connectivity index is 2.23. The first-order valence-electron chi connectivity index (χ1n) is 7.91. The van der Waals surface area contributed by atoms with Crippen LogP contribution in [0.1, 0.15) is 6.92 Å². The molecular formula is C19H19F2IN2O2. The van der Waals surface area contributed by atoms with E-state index in [1.54, 1.807) is 19.2 Å². The molecule has 1 saturated heterocycles. The Morgan fingerprint density at radius 2 is 2.12 bits per heavy atom. The molecule has 26 heavy (non-hydrogen) atoms. The fourth-order valence-electron chi connectivity index (χ4n) is 2.76. The summed E-state index contributed by atoms with van der Waals surface area (Å²) in [7, 11) is 1.59. The van der Waals surface area contributed by atoms with Gasteiger partial charge in [0.15, 0.2) is 11.6 Å². The van der Waals surface area contributed by atoms with E-state index in [2.05, 4.69) is 34.5 Å². The summed E-state index contributed by atoms with van der Waals surface area (Å²) in [6, 6.07) is 3.49. The number of nitrogens with one attached hydrogen (secondary N) is 1.